The number of hydrogen-bond acceptors (Lipinski definition) is 6. The largest absolute Gasteiger partial charge is 0.444 e. The topological polar surface area (TPSA) is 97.4 Å². The second-order valence-electron chi connectivity index (χ2n) is 13.9. The molecule has 13 heteroatoms. The molecule has 52 heavy (non-hydrogen) atoms. The predicted octanol–water partition coefficient (Wildman–Crippen LogP) is 8.81. The molecule has 3 aromatic carbocycles. The minimum atomic E-state index is -0.810. The van der Waals surface area contributed by atoms with Crippen LogP contribution in [-0.4, -0.2) is 56.6 Å². The molecule has 0 spiro atoms. The number of rotatable bonds is 10. The highest BCUT2D eigenvalue weighted by atomic mass is 35.5. The number of amides is 1. The molecule has 1 amide bonds. The SMILES string of the molecule is CC(C)(C)OC(=O)N1C[C@@H](CCc2c(F)cncc2CC(=O)C[C@@H](c2ccc(F)cc2)c2cc(F)cc(F)c2)OC[C@H]1c1nc2ccc(Cl)cc2[nH]1. The number of H-pyrrole nitrogens is 1. The lowest BCUT2D eigenvalue weighted by Gasteiger charge is -2.39. The van der Waals surface area contributed by atoms with Gasteiger partial charge in [0.15, 0.2) is 0 Å². The molecule has 3 atom stereocenters. The van der Waals surface area contributed by atoms with Crippen LogP contribution in [0.25, 0.3) is 11.0 Å². The Morgan fingerprint density at radius 2 is 1.71 bits per heavy atom. The molecule has 272 valence electrons. The molecule has 1 aliphatic rings. The van der Waals surface area contributed by atoms with E-state index in [1.165, 1.54) is 30.5 Å². The fourth-order valence-electron chi connectivity index (χ4n) is 6.45. The zero-order valence-corrected chi connectivity index (χ0v) is 29.5. The third-order valence-electron chi connectivity index (χ3n) is 8.86. The molecule has 5 aromatic rings. The summed E-state index contributed by atoms with van der Waals surface area (Å²) in [5.74, 6) is -3.35. The van der Waals surface area contributed by atoms with Crippen molar-refractivity contribution < 1.29 is 36.6 Å². The number of imidazole rings is 1. The number of halogens is 5. The summed E-state index contributed by atoms with van der Waals surface area (Å²) in [6.45, 7) is 5.53. The zero-order valence-electron chi connectivity index (χ0n) is 28.8. The Morgan fingerprint density at radius 1 is 0.981 bits per heavy atom. The number of fused-ring (bicyclic) bond motifs is 1. The summed E-state index contributed by atoms with van der Waals surface area (Å²) in [7, 11) is 0. The van der Waals surface area contributed by atoms with Crippen molar-refractivity contribution in [1.82, 2.24) is 19.9 Å². The van der Waals surface area contributed by atoms with Crippen LogP contribution in [0.15, 0.2) is 73.1 Å². The lowest BCUT2D eigenvalue weighted by molar-refractivity contribution is -0.118. The van der Waals surface area contributed by atoms with Crippen LogP contribution in [0.2, 0.25) is 5.02 Å². The molecule has 1 aliphatic heterocycles. The molecule has 0 unspecified atom stereocenters. The Hall–Kier alpha value is -4.81. The molecule has 1 fully saturated rings. The van der Waals surface area contributed by atoms with Crippen LogP contribution in [0.1, 0.15) is 73.7 Å². The number of carbonyl (C=O) groups excluding carboxylic acids is 2. The van der Waals surface area contributed by atoms with Gasteiger partial charge in [-0.25, -0.2) is 27.3 Å². The van der Waals surface area contributed by atoms with Crippen molar-refractivity contribution in [3.63, 3.8) is 0 Å². The van der Waals surface area contributed by atoms with E-state index in [0.29, 0.717) is 39.4 Å². The number of hydrogen-bond donors (Lipinski definition) is 1. The number of aromatic amines is 1. The second-order valence-corrected chi connectivity index (χ2v) is 14.3. The maximum absolute atomic E-state index is 15.3. The van der Waals surface area contributed by atoms with Crippen LogP contribution >= 0.6 is 11.6 Å². The molecule has 1 saturated heterocycles. The number of ether oxygens (including phenoxy) is 2. The Morgan fingerprint density at radius 3 is 2.42 bits per heavy atom. The fraction of sp³-hybridized carbons (Fsp3) is 0.333. The smallest absolute Gasteiger partial charge is 0.411 e. The first-order valence-corrected chi connectivity index (χ1v) is 17.2. The molecule has 6 rings (SSSR count). The average molecular weight is 737 g/mol. The highest BCUT2D eigenvalue weighted by Crippen LogP contribution is 2.33. The van der Waals surface area contributed by atoms with Crippen LogP contribution in [0.4, 0.5) is 22.4 Å². The van der Waals surface area contributed by atoms with E-state index in [4.69, 9.17) is 21.1 Å². The van der Waals surface area contributed by atoms with E-state index < -0.39 is 53.0 Å². The molecule has 0 radical (unpaired) electrons. The van der Waals surface area contributed by atoms with Gasteiger partial charge in [0.2, 0.25) is 0 Å². The maximum Gasteiger partial charge on any atom is 0.411 e. The van der Waals surface area contributed by atoms with Gasteiger partial charge in [0, 0.05) is 36.0 Å². The standard InChI is InChI=1S/C39H37ClF4N4O4/c1-39(2,3)52-38(50)48-20-30(51-21-36(48)37-46-34-11-6-25(40)15-35(34)47-37)9-10-31-24(18-45-19-33(31)44)14-29(49)17-32(22-4-7-26(41)8-5-22)23-12-27(42)16-28(43)13-23/h4-8,11-13,15-16,18-19,30,32,36H,9-10,14,17,20-21H2,1-3H3,(H,46,47)/t30-,32+,36+/m1/s1. The molecule has 0 bridgehead atoms. The van der Waals surface area contributed by atoms with Crippen molar-refractivity contribution >= 4 is 34.5 Å². The quantitative estimate of drug-likeness (QED) is 0.144. The average Bonchev–Trinajstić information content (AvgIpc) is 3.49. The third-order valence-corrected chi connectivity index (χ3v) is 9.10. The van der Waals surface area contributed by atoms with Crippen LogP contribution in [0, 0.1) is 23.3 Å². The molecule has 3 heterocycles. The molecule has 2 aromatic heterocycles. The van der Waals surface area contributed by atoms with Crippen molar-refractivity contribution in [2.45, 2.75) is 70.1 Å². The van der Waals surface area contributed by atoms with E-state index in [1.807, 2.05) is 0 Å². The van der Waals surface area contributed by atoms with Gasteiger partial charge in [0.25, 0.3) is 0 Å². The number of Topliss-reactive ketones (excluding diaryl/α,β-unsaturated/α-hetero) is 1. The molecular formula is C39H37ClF4N4O4. The van der Waals surface area contributed by atoms with E-state index >= 15 is 4.39 Å². The van der Waals surface area contributed by atoms with E-state index in [1.54, 1.807) is 43.9 Å². The highest BCUT2D eigenvalue weighted by Gasteiger charge is 2.37. The van der Waals surface area contributed by atoms with Crippen molar-refractivity contribution in [2.75, 3.05) is 13.2 Å². The lowest BCUT2D eigenvalue weighted by Crippen LogP contribution is -2.49. The van der Waals surface area contributed by atoms with Gasteiger partial charge >= 0.3 is 6.09 Å². The number of ketones is 1. The number of benzene rings is 3. The summed E-state index contributed by atoms with van der Waals surface area (Å²) in [5, 5.41) is 0.533. The first-order chi connectivity index (χ1) is 24.7. The minimum Gasteiger partial charge on any atom is -0.444 e. The summed E-state index contributed by atoms with van der Waals surface area (Å²) >= 11 is 6.17. The second kappa shape index (κ2) is 15.4. The monoisotopic (exact) mass is 736 g/mol. The number of nitrogens with one attached hydrogen (secondary N) is 1. The number of nitrogens with zero attached hydrogens (tertiary/aromatic N) is 3. The van der Waals surface area contributed by atoms with Crippen LogP contribution in [0.3, 0.4) is 0 Å². The Kier molecular flexibility index (Phi) is 11.0. The normalized spacial score (nSPS) is 17.0. The summed E-state index contributed by atoms with van der Waals surface area (Å²) in [5.41, 5.74) is 1.93. The van der Waals surface area contributed by atoms with Gasteiger partial charge in [-0.05, 0) is 98.3 Å². The van der Waals surface area contributed by atoms with Crippen molar-refractivity contribution in [3.05, 3.63) is 129 Å². The Bertz CT molecular complexity index is 2070. The zero-order chi connectivity index (χ0) is 37.2. The highest BCUT2D eigenvalue weighted by molar-refractivity contribution is 6.31. The van der Waals surface area contributed by atoms with E-state index in [9.17, 15) is 22.8 Å². The van der Waals surface area contributed by atoms with Gasteiger partial charge in [-0.1, -0.05) is 23.7 Å². The van der Waals surface area contributed by atoms with Gasteiger partial charge in [-0.15, -0.1) is 0 Å². The maximum atomic E-state index is 15.3. The molecule has 0 saturated carbocycles. The van der Waals surface area contributed by atoms with Gasteiger partial charge in [0.05, 0.1) is 36.5 Å². The van der Waals surface area contributed by atoms with Crippen LogP contribution in [0.5, 0.6) is 0 Å². The fourth-order valence-corrected chi connectivity index (χ4v) is 6.62. The molecule has 1 N–H and O–H groups in total. The molecule has 0 aliphatic carbocycles. The molecular weight excluding hydrogens is 700 g/mol. The first-order valence-electron chi connectivity index (χ1n) is 16.8. The first kappa shape index (κ1) is 37.0. The van der Waals surface area contributed by atoms with E-state index in [0.717, 1.165) is 24.4 Å². The number of aromatic nitrogens is 3. The van der Waals surface area contributed by atoms with Crippen LogP contribution < -0.4 is 0 Å². The van der Waals surface area contributed by atoms with Crippen molar-refractivity contribution in [3.8, 4) is 0 Å². The van der Waals surface area contributed by atoms with Crippen LogP contribution in [-0.2, 0) is 27.1 Å². The van der Waals surface area contributed by atoms with Crippen molar-refractivity contribution in [2.24, 2.45) is 0 Å². The van der Waals surface area contributed by atoms with E-state index in [2.05, 4.69) is 15.0 Å². The Labute approximate surface area is 303 Å². The summed E-state index contributed by atoms with van der Waals surface area (Å²) in [4.78, 5) is 40.5. The van der Waals surface area contributed by atoms with Gasteiger partial charge < -0.3 is 14.5 Å². The number of carbonyl (C=O) groups is 2. The molecule has 8 nitrogen and oxygen atoms in total. The van der Waals surface area contributed by atoms with Gasteiger partial charge in [0.1, 0.15) is 46.5 Å². The van der Waals surface area contributed by atoms with Crippen molar-refractivity contribution in [1.29, 1.82) is 0 Å². The predicted molar refractivity (Wildman–Crippen MR) is 187 cm³/mol. The number of pyridine rings is 1. The summed E-state index contributed by atoms with van der Waals surface area (Å²) in [6.07, 6.45) is 1.49. The Balaban J connectivity index is 1.18. The lowest BCUT2D eigenvalue weighted by atomic mass is 9.85. The summed E-state index contributed by atoms with van der Waals surface area (Å²) < 4.78 is 69.4. The third kappa shape index (κ3) is 8.97. The van der Waals surface area contributed by atoms with E-state index in [-0.39, 0.29) is 49.3 Å². The van der Waals surface area contributed by atoms with Gasteiger partial charge in [-0.2, -0.15) is 0 Å². The minimum absolute atomic E-state index is 0.0904. The number of morpholine rings is 1. The summed E-state index contributed by atoms with van der Waals surface area (Å²) in [6, 6.07) is 13.0. The van der Waals surface area contributed by atoms with Gasteiger partial charge in [-0.3, -0.25) is 14.7 Å².